The Labute approximate surface area is 73.1 Å². The van der Waals surface area contributed by atoms with Crippen LogP contribution in [0, 0.1) is 18.3 Å². The van der Waals surface area contributed by atoms with Gasteiger partial charge < -0.3 is 10.2 Å². The van der Waals surface area contributed by atoms with Gasteiger partial charge in [0.05, 0.1) is 0 Å². The highest BCUT2D eigenvalue weighted by Crippen LogP contribution is 2.14. The molecule has 0 aromatic heterocycles. The summed E-state index contributed by atoms with van der Waals surface area (Å²) in [6, 6.07) is 0. The summed E-state index contributed by atoms with van der Waals surface area (Å²) in [5.41, 5.74) is 0. The van der Waals surface area contributed by atoms with Crippen LogP contribution in [0.4, 0.5) is 0 Å². The molecule has 1 unspecified atom stereocenters. The number of carbonyl (C=O) groups is 1. The summed E-state index contributed by atoms with van der Waals surface area (Å²) >= 11 is 0. The van der Waals surface area contributed by atoms with Crippen LogP contribution in [0.1, 0.15) is 6.42 Å². The van der Waals surface area contributed by atoms with Gasteiger partial charge in [0.1, 0.15) is 0 Å². The van der Waals surface area contributed by atoms with E-state index < -0.39 is 0 Å². The maximum Gasteiger partial charge on any atom is 0.298 e. The Morgan fingerprint density at radius 3 is 3.17 bits per heavy atom. The van der Waals surface area contributed by atoms with Gasteiger partial charge in [0.25, 0.3) is 5.91 Å². The van der Waals surface area contributed by atoms with E-state index in [-0.39, 0.29) is 5.91 Å². The zero-order valence-corrected chi connectivity index (χ0v) is 7.34. The SMILES string of the molecule is C#CC(=O)N1CCC(CNC)C1. The molecule has 0 aromatic carbocycles. The predicted molar refractivity (Wildman–Crippen MR) is 47.4 cm³/mol. The van der Waals surface area contributed by atoms with Crippen molar-refractivity contribution in [2.75, 3.05) is 26.7 Å². The molecule has 1 amide bonds. The smallest absolute Gasteiger partial charge is 0.298 e. The van der Waals surface area contributed by atoms with Crippen molar-refractivity contribution in [1.29, 1.82) is 0 Å². The molecule has 3 heteroatoms. The minimum absolute atomic E-state index is 0.173. The molecule has 1 saturated heterocycles. The Kier molecular flexibility index (Phi) is 3.12. The molecular formula is C9H14N2O. The lowest BCUT2D eigenvalue weighted by Gasteiger charge is -2.12. The standard InChI is InChI=1S/C9H14N2O/c1-3-9(12)11-5-4-8(7-11)6-10-2/h1,8,10H,4-7H2,2H3. The van der Waals surface area contributed by atoms with Crippen molar-refractivity contribution in [3.63, 3.8) is 0 Å². The molecule has 66 valence electrons. The van der Waals surface area contributed by atoms with Crippen molar-refractivity contribution < 1.29 is 4.79 Å². The van der Waals surface area contributed by atoms with Gasteiger partial charge in [-0.1, -0.05) is 0 Å². The topological polar surface area (TPSA) is 32.3 Å². The molecule has 0 saturated carbocycles. The highest BCUT2D eigenvalue weighted by Gasteiger charge is 2.24. The van der Waals surface area contributed by atoms with Gasteiger partial charge >= 0.3 is 0 Å². The third-order valence-electron chi connectivity index (χ3n) is 2.19. The van der Waals surface area contributed by atoms with Crippen LogP contribution in [0.5, 0.6) is 0 Å². The first kappa shape index (κ1) is 9.08. The van der Waals surface area contributed by atoms with Crippen LogP contribution < -0.4 is 5.32 Å². The summed E-state index contributed by atoms with van der Waals surface area (Å²) in [5.74, 6) is 2.54. The van der Waals surface area contributed by atoms with E-state index in [1.807, 2.05) is 7.05 Å². The second kappa shape index (κ2) is 4.13. The van der Waals surface area contributed by atoms with Gasteiger partial charge in [-0.3, -0.25) is 4.79 Å². The van der Waals surface area contributed by atoms with Gasteiger partial charge in [0, 0.05) is 13.1 Å². The molecule has 0 radical (unpaired) electrons. The highest BCUT2D eigenvalue weighted by atomic mass is 16.2. The molecule has 12 heavy (non-hydrogen) atoms. The fourth-order valence-electron chi connectivity index (χ4n) is 1.56. The highest BCUT2D eigenvalue weighted by molar-refractivity contribution is 5.93. The molecule has 1 N–H and O–H groups in total. The molecule has 1 aliphatic rings. The van der Waals surface area contributed by atoms with Gasteiger partial charge in [-0.05, 0) is 31.9 Å². The van der Waals surface area contributed by atoms with E-state index in [9.17, 15) is 4.79 Å². The summed E-state index contributed by atoms with van der Waals surface area (Å²) < 4.78 is 0. The Hall–Kier alpha value is -1.01. The second-order valence-corrected chi connectivity index (χ2v) is 3.11. The van der Waals surface area contributed by atoms with E-state index in [4.69, 9.17) is 6.42 Å². The Morgan fingerprint density at radius 1 is 1.83 bits per heavy atom. The van der Waals surface area contributed by atoms with Crippen LogP contribution in [-0.2, 0) is 4.79 Å². The van der Waals surface area contributed by atoms with E-state index in [0.717, 1.165) is 26.1 Å². The summed E-state index contributed by atoms with van der Waals surface area (Å²) in [7, 11) is 1.92. The van der Waals surface area contributed by atoms with Crippen LogP contribution in [0.3, 0.4) is 0 Å². The Balaban J connectivity index is 2.36. The minimum atomic E-state index is -0.173. The van der Waals surface area contributed by atoms with E-state index in [2.05, 4.69) is 11.2 Å². The number of carbonyl (C=O) groups excluding carboxylic acids is 1. The molecule has 1 fully saturated rings. The van der Waals surface area contributed by atoms with Crippen LogP contribution >= 0.6 is 0 Å². The summed E-state index contributed by atoms with van der Waals surface area (Å²) in [4.78, 5) is 12.8. The zero-order chi connectivity index (χ0) is 8.97. The van der Waals surface area contributed by atoms with Crippen molar-refractivity contribution in [3.05, 3.63) is 0 Å². The fraction of sp³-hybridized carbons (Fsp3) is 0.667. The largest absolute Gasteiger partial charge is 0.332 e. The molecule has 0 aliphatic carbocycles. The van der Waals surface area contributed by atoms with Gasteiger partial charge in [0.15, 0.2) is 0 Å². The van der Waals surface area contributed by atoms with Crippen LogP contribution in [0.25, 0.3) is 0 Å². The molecule has 1 atom stereocenters. The summed E-state index contributed by atoms with van der Waals surface area (Å²) in [6.07, 6.45) is 6.08. The van der Waals surface area contributed by atoms with E-state index in [0.29, 0.717) is 5.92 Å². The molecule has 0 bridgehead atoms. The van der Waals surface area contributed by atoms with Gasteiger partial charge in [-0.15, -0.1) is 6.42 Å². The van der Waals surface area contributed by atoms with Crippen molar-refractivity contribution in [1.82, 2.24) is 10.2 Å². The van der Waals surface area contributed by atoms with Crippen LogP contribution in [0.15, 0.2) is 0 Å². The van der Waals surface area contributed by atoms with Crippen molar-refractivity contribution in [2.24, 2.45) is 5.92 Å². The first-order valence-corrected chi connectivity index (χ1v) is 4.18. The zero-order valence-electron chi connectivity index (χ0n) is 7.34. The van der Waals surface area contributed by atoms with Crippen LogP contribution in [-0.4, -0.2) is 37.5 Å². The van der Waals surface area contributed by atoms with E-state index >= 15 is 0 Å². The number of rotatable bonds is 2. The van der Waals surface area contributed by atoms with Crippen molar-refractivity contribution >= 4 is 5.91 Å². The maximum atomic E-state index is 11.0. The second-order valence-electron chi connectivity index (χ2n) is 3.11. The summed E-state index contributed by atoms with van der Waals surface area (Å²) in [5, 5.41) is 3.10. The summed E-state index contributed by atoms with van der Waals surface area (Å²) in [6.45, 7) is 2.59. The first-order valence-electron chi connectivity index (χ1n) is 4.18. The quantitative estimate of drug-likeness (QED) is 0.571. The molecular weight excluding hydrogens is 152 g/mol. The lowest BCUT2D eigenvalue weighted by atomic mass is 10.1. The van der Waals surface area contributed by atoms with E-state index in [1.54, 1.807) is 4.90 Å². The molecule has 0 aromatic rings. The van der Waals surface area contributed by atoms with Crippen LogP contribution in [0.2, 0.25) is 0 Å². The minimum Gasteiger partial charge on any atom is -0.332 e. The fourth-order valence-corrected chi connectivity index (χ4v) is 1.56. The monoisotopic (exact) mass is 166 g/mol. The number of amides is 1. The third-order valence-corrected chi connectivity index (χ3v) is 2.19. The number of nitrogens with one attached hydrogen (secondary N) is 1. The average molecular weight is 166 g/mol. The number of hydrogen-bond donors (Lipinski definition) is 1. The van der Waals surface area contributed by atoms with Crippen molar-refractivity contribution in [3.8, 4) is 12.3 Å². The van der Waals surface area contributed by atoms with Gasteiger partial charge in [-0.2, -0.15) is 0 Å². The van der Waals surface area contributed by atoms with Gasteiger partial charge in [-0.25, -0.2) is 0 Å². The van der Waals surface area contributed by atoms with E-state index in [1.165, 1.54) is 0 Å². The molecule has 3 nitrogen and oxygen atoms in total. The number of likely N-dealkylation sites (tertiary alicyclic amines) is 1. The Morgan fingerprint density at radius 2 is 2.58 bits per heavy atom. The maximum absolute atomic E-state index is 11.0. The predicted octanol–water partition coefficient (Wildman–Crippen LogP) is -0.312. The van der Waals surface area contributed by atoms with Gasteiger partial charge in [0.2, 0.25) is 0 Å². The first-order chi connectivity index (χ1) is 5.77. The number of hydrogen-bond acceptors (Lipinski definition) is 2. The Bertz CT molecular complexity index is 207. The molecule has 0 spiro atoms. The third kappa shape index (κ3) is 1.99. The molecule has 1 aliphatic heterocycles. The lowest BCUT2D eigenvalue weighted by molar-refractivity contribution is -0.124. The number of terminal acetylenes is 1. The molecule has 1 rings (SSSR count). The molecule has 1 heterocycles. The lowest BCUT2D eigenvalue weighted by Crippen LogP contribution is -2.29. The normalized spacial score (nSPS) is 22.3. The number of nitrogens with zero attached hydrogens (tertiary/aromatic N) is 1. The average Bonchev–Trinajstić information content (AvgIpc) is 2.52. The van der Waals surface area contributed by atoms with Crippen molar-refractivity contribution in [2.45, 2.75) is 6.42 Å².